The van der Waals surface area contributed by atoms with Crippen molar-refractivity contribution in [3.8, 4) is 0 Å². The van der Waals surface area contributed by atoms with Crippen LogP contribution in [-0.4, -0.2) is 28.6 Å². The molecule has 1 heterocycles. The Morgan fingerprint density at radius 2 is 1.90 bits per heavy atom. The lowest BCUT2D eigenvalue weighted by Crippen LogP contribution is -2.35. The van der Waals surface area contributed by atoms with Crippen LogP contribution >= 0.6 is 0 Å². The predicted octanol–water partition coefficient (Wildman–Crippen LogP) is 2.05. The molecular formula is C15H25N3O2S. The van der Waals surface area contributed by atoms with E-state index >= 15 is 0 Å². The van der Waals surface area contributed by atoms with E-state index in [-0.39, 0.29) is 4.90 Å². The van der Waals surface area contributed by atoms with Gasteiger partial charge < -0.3 is 10.6 Å². The Kier molecular flexibility index (Phi) is 4.78. The molecule has 0 aromatic heterocycles. The Balaban J connectivity index is 2.23. The molecular weight excluding hydrogens is 286 g/mol. The van der Waals surface area contributed by atoms with Crippen molar-refractivity contribution in [2.45, 2.75) is 31.6 Å². The molecule has 0 bridgehead atoms. The van der Waals surface area contributed by atoms with Crippen LogP contribution in [0.5, 0.6) is 0 Å². The molecule has 1 aromatic rings. The van der Waals surface area contributed by atoms with E-state index in [1.54, 1.807) is 18.2 Å². The highest BCUT2D eigenvalue weighted by molar-refractivity contribution is 7.89. The lowest BCUT2D eigenvalue weighted by molar-refractivity contribution is 0.311. The summed E-state index contributed by atoms with van der Waals surface area (Å²) in [6.07, 6.45) is 2.25. The molecule has 5 nitrogen and oxygen atoms in total. The van der Waals surface area contributed by atoms with Crippen LogP contribution in [0.3, 0.4) is 0 Å². The van der Waals surface area contributed by atoms with Crippen molar-refractivity contribution in [1.82, 2.24) is 4.72 Å². The first kappa shape index (κ1) is 16.1. The summed E-state index contributed by atoms with van der Waals surface area (Å²) in [5.74, 6) is 1.44. The van der Waals surface area contributed by atoms with Gasteiger partial charge in [-0.15, -0.1) is 0 Å². The number of hydrogen-bond acceptors (Lipinski definition) is 4. The number of rotatable bonds is 4. The molecule has 1 aliphatic heterocycles. The maximum Gasteiger partial charge on any atom is 0.240 e. The molecule has 1 fully saturated rings. The van der Waals surface area contributed by atoms with Gasteiger partial charge in [-0.1, -0.05) is 13.8 Å². The molecule has 0 aliphatic carbocycles. The van der Waals surface area contributed by atoms with Crippen molar-refractivity contribution >= 4 is 21.4 Å². The predicted molar refractivity (Wildman–Crippen MR) is 86.9 cm³/mol. The fourth-order valence-electron chi connectivity index (χ4n) is 2.89. The molecule has 6 heteroatoms. The zero-order valence-corrected chi connectivity index (χ0v) is 13.8. The van der Waals surface area contributed by atoms with Crippen LogP contribution in [0.15, 0.2) is 23.1 Å². The number of sulfonamides is 1. The Morgan fingerprint density at radius 3 is 2.43 bits per heavy atom. The standard InChI is InChI=1S/C15H25N3O2S/c1-11(2)12-6-8-18(9-7-12)15-10-13(4-5-14(15)16)21(19,20)17-3/h4-5,10-12,17H,6-9,16H2,1-3H3. The monoisotopic (exact) mass is 311 g/mol. The zero-order valence-electron chi connectivity index (χ0n) is 13.0. The summed E-state index contributed by atoms with van der Waals surface area (Å²) >= 11 is 0. The SMILES string of the molecule is CNS(=O)(=O)c1ccc(N)c(N2CCC(C(C)C)CC2)c1. The highest BCUT2D eigenvalue weighted by Crippen LogP contribution is 2.32. The van der Waals surface area contributed by atoms with Gasteiger partial charge in [0, 0.05) is 13.1 Å². The number of nitrogens with one attached hydrogen (secondary N) is 1. The zero-order chi connectivity index (χ0) is 15.6. The van der Waals surface area contributed by atoms with Crippen LogP contribution in [0.1, 0.15) is 26.7 Å². The van der Waals surface area contributed by atoms with E-state index in [2.05, 4.69) is 23.5 Å². The molecule has 0 spiro atoms. The smallest absolute Gasteiger partial charge is 0.240 e. The summed E-state index contributed by atoms with van der Waals surface area (Å²) in [6, 6.07) is 4.90. The van der Waals surface area contributed by atoms with Crippen molar-refractivity contribution < 1.29 is 8.42 Å². The van der Waals surface area contributed by atoms with Gasteiger partial charge >= 0.3 is 0 Å². The van der Waals surface area contributed by atoms with Gasteiger partial charge in [0.25, 0.3) is 0 Å². The van der Waals surface area contributed by atoms with Crippen LogP contribution in [0, 0.1) is 11.8 Å². The van der Waals surface area contributed by atoms with Crippen molar-refractivity contribution in [2.24, 2.45) is 11.8 Å². The molecule has 21 heavy (non-hydrogen) atoms. The van der Waals surface area contributed by atoms with Crippen LogP contribution in [0.2, 0.25) is 0 Å². The molecule has 0 saturated carbocycles. The highest BCUT2D eigenvalue weighted by atomic mass is 32.2. The van der Waals surface area contributed by atoms with Gasteiger partial charge in [0.2, 0.25) is 10.0 Å². The third-order valence-electron chi connectivity index (χ3n) is 4.40. The number of nitrogens with two attached hydrogens (primary N) is 1. The van der Waals surface area contributed by atoms with E-state index in [9.17, 15) is 8.42 Å². The van der Waals surface area contributed by atoms with E-state index in [0.29, 0.717) is 11.6 Å². The maximum atomic E-state index is 11.9. The lowest BCUT2D eigenvalue weighted by atomic mass is 9.86. The normalized spacial score (nSPS) is 17.4. The van der Waals surface area contributed by atoms with E-state index in [0.717, 1.165) is 37.5 Å². The number of hydrogen-bond donors (Lipinski definition) is 2. The van der Waals surface area contributed by atoms with Crippen LogP contribution in [0.4, 0.5) is 11.4 Å². The minimum atomic E-state index is -3.43. The summed E-state index contributed by atoms with van der Waals surface area (Å²) in [5, 5.41) is 0. The average Bonchev–Trinajstić information content (AvgIpc) is 2.47. The van der Waals surface area contributed by atoms with Crippen LogP contribution in [0.25, 0.3) is 0 Å². The summed E-state index contributed by atoms with van der Waals surface area (Å²) in [4.78, 5) is 2.46. The number of benzene rings is 1. The summed E-state index contributed by atoms with van der Waals surface area (Å²) in [6.45, 7) is 6.37. The van der Waals surface area contributed by atoms with E-state index in [1.807, 2.05) is 0 Å². The minimum Gasteiger partial charge on any atom is -0.397 e. The Hall–Kier alpha value is -1.27. The largest absolute Gasteiger partial charge is 0.397 e. The van der Waals surface area contributed by atoms with Gasteiger partial charge in [-0.3, -0.25) is 0 Å². The minimum absolute atomic E-state index is 0.264. The summed E-state index contributed by atoms with van der Waals surface area (Å²) in [5.41, 5.74) is 7.50. The third-order valence-corrected chi connectivity index (χ3v) is 5.82. The van der Waals surface area contributed by atoms with Crippen molar-refractivity contribution in [1.29, 1.82) is 0 Å². The highest BCUT2D eigenvalue weighted by Gasteiger charge is 2.24. The fourth-order valence-corrected chi connectivity index (χ4v) is 3.64. The number of anilines is 2. The molecule has 1 aliphatic rings. The van der Waals surface area contributed by atoms with Crippen LogP contribution in [-0.2, 0) is 10.0 Å². The van der Waals surface area contributed by atoms with Crippen molar-refractivity contribution in [3.05, 3.63) is 18.2 Å². The first-order chi connectivity index (χ1) is 9.85. The van der Waals surface area contributed by atoms with Crippen molar-refractivity contribution in [3.63, 3.8) is 0 Å². The molecule has 0 radical (unpaired) electrons. The van der Waals surface area contributed by atoms with Gasteiger partial charge in [-0.25, -0.2) is 13.1 Å². The fraction of sp³-hybridized carbons (Fsp3) is 0.600. The molecule has 118 valence electrons. The van der Waals surface area contributed by atoms with E-state index < -0.39 is 10.0 Å². The van der Waals surface area contributed by atoms with Gasteiger partial charge in [0.15, 0.2) is 0 Å². The molecule has 1 saturated heterocycles. The Morgan fingerprint density at radius 1 is 1.29 bits per heavy atom. The molecule has 3 N–H and O–H groups in total. The number of nitrogens with zero attached hydrogens (tertiary/aromatic N) is 1. The Bertz CT molecular complexity index is 591. The number of nitrogen functional groups attached to an aromatic ring is 1. The third kappa shape index (κ3) is 3.49. The maximum absolute atomic E-state index is 11.9. The molecule has 1 aromatic carbocycles. The van der Waals surface area contributed by atoms with Gasteiger partial charge in [-0.2, -0.15) is 0 Å². The second-order valence-electron chi connectivity index (χ2n) is 6.00. The van der Waals surface area contributed by atoms with Gasteiger partial charge in [0.1, 0.15) is 0 Å². The van der Waals surface area contributed by atoms with E-state index in [1.165, 1.54) is 7.05 Å². The van der Waals surface area contributed by atoms with Crippen molar-refractivity contribution in [2.75, 3.05) is 30.8 Å². The molecule has 0 amide bonds. The molecule has 0 unspecified atom stereocenters. The summed E-state index contributed by atoms with van der Waals surface area (Å²) < 4.78 is 26.2. The second kappa shape index (κ2) is 6.23. The average molecular weight is 311 g/mol. The Labute approximate surface area is 127 Å². The first-order valence-corrected chi connectivity index (χ1v) is 8.91. The quantitative estimate of drug-likeness (QED) is 0.835. The van der Waals surface area contributed by atoms with Gasteiger partial charge in [0.05, 0.1) is 16.3 Å². The first-order valence-electron chi connectivity index (χ1n) is 7.43. The van der Waals surface area contributed by atoms with Crippen LogP contribution < -0.4 is 15.4 Å². The second-order valence-corrected chi connectivity index (χ2v) is 7.88. The molecule has 2 rings (SSSR count). The van der Waals surface area contributed by atoms with Gasteiger partial charge in [-0.05, 0) is 49.9 Å². The number of piperidine rings is 1. The van der Waals surface area contributed by atoms with E-state index in [4.69, 9.17) is 5.73 Å². The topological polar surface area (TPSA) is 75.4 Å². The lowest BCUT2D eigenvalue weighted by Gasteiger charge is -2.36. The summed E-state index contributed by atoms with van der Waals surface area (Å²) in [7, 11) is -2.02. The molecule has 0 atom stereocenters.